The smallest absolute Gasteiger partial charge is 0.232 e. The van der Waals surface area contributed by atoms with Gasteiger partial charge in [-0.2, -0.15) is 0 Å². The van der Waals surface area contributed by atoms with Crippen LogP contribution in [0.25, 0.3) is 0 Å². The molecule has 1 saturated heterocycles. The third kappa shape index (κ3) is 3.71. The Hall–Kier alpha value is -3.15. The molecule has 2 heterocycles. The van der Waals surface area contributed by atoms with Crippen LogP contribution in [0.1, 0.15) is 38.2 Å². The van der Waals surface area contributed by atoms with Crippen LogP contribution in [0.3, 0.4) is 0 Å². The first-order valence-electron chi connectivity index (χ1n) is 11.1. The monoisotopic (exact) mass is 417 g/mol. The summed E-state index contributed by atoms with van der Waals surface area (Å²) in [5.41, 5.74) is 2.54. The van der Waals surface area contributed by atoms with Gasteiger partial charge in [-0.15, -0.1) is 0 Å². The van der Waals surface area contributed by atoms with Crippen molar-refractivity contribution in [2.45, 2.75) is 51.2 Å². The molecule has 5 rings (SSSR count). The average Bonchev–Trinajstić information content (AvgIpc) is 3.55. The Morgan fingerprint density at radius 3 is 2.29 bits per heavy atom. The van der Waals surface area contributed by atoms with Gasteiger partial charge in [0.15, 0.2) is 0 Å². The molecule has 0 aromatic heterocycles. The Labute approximate surface area is 182 Å². The summed E-state index contributed by atoms with van der Waals surface area (Å²) >= 11 is 0. The molecule has 1 saturated carbocycles. The van der Waals surface area contributed by atoms with Gasteiger partial charge in [-0.1, -0.05) is 42.5 Å². The Balaban J connectivity index is 1.47. The summed E-state index contributed by atoms with van der Waals surface area (Å²) in [5.74, 6) is -0.315. The minimum atomic E-state index is -0.348. The average molecular weight is 418 g/mol. The minimum absolute atomic E-state index is 0.00112. The molecule has 0 spiro atoms. The van der Waals surface area contributed by atoms with Crippen LogP contribution in [0.15, 0.2) is 54.6 Å². The lowest BCUT2D eigenvalue weighted by Gasteiger charge is -2.30. The highest BCUT2D eigenvalue weighted by molar-refractivity contribution is 6.07. The number of likely N-dealkylation sites (tertiary alicyclic amines) is 1. The highest BCUT2D eigenvalue weighted by Gasteiger charge is 2.45. The van der Waals surface area contributed by atoms with Gasteiger partial charge >= 0.3 is 0 Å². The second-order valence-electron chi connectivity index (χ2n) is 8.89. The van der Waals surface area contributed by atoms with Gasteiger partial charge in [0.1, 0.15) is 0 Å². The third-order valence-corrected chi connectivity index (χ3v) is 6.56. The molecule has 3 aliphatic rings. The first kappa shape index (κ1) is 19.8. The molecule has 2 aromatic carbocycles. The normalized spacial score (nSPS) is 23.7. The van der Waals surface area contributed by atoms with Gasteiger partial charge in [0.05, 0.1) is 23.8 Å². The standard InChI is InChI=1S/C25H27N3O3/c1-17-13-23(29)27(15-18-7-3-2-4-8-18)21-9-5-6-10-22(21)28(17)25(31)19-14-24(30)26(16-19)20-11-12-20/h2-10,17,19-20H,11-16H2,1H3/t17-,19+/m0/s1. The molecular formula is C25H27N3O3. The van der Waals surface area contributed by atoms with Gasteiger partial charge in [0, 0.05) is 31.5 Å². The number of hydrogen-bond acceptors (Lipinski definition) is 3. The van der Waals surface area contributed by atoms with E-state index in [1.165, 1.54) is 0 Å². The van der Waals surface area contributed by atoms with E-state index in [4.69, 9.17) is 0 Å². The fourth-order valence-corrected chi connectivity index (χ4v) is 4.83. The highest BCUT2D eigenvalue weighted by atomic mass is 16.2. The van der Waals surface area contributed by atoms with Crippen molar-refractivity contribution >= 4 is 29.1 Å². The summed E-state index contributed by atoms with van der Waals surface area (Å²) in [6, 6.07) is 17.6. The number of rotatable bonds is 4. The summed E-state index contributed by atoms with van der Waals surface area (Å²) in [6.07, 6.45) is 2.60. The number of carbonyl (C=O) groups excluding carboxylic acids is 3. The summed E-state index contributed by atoms with van der Waals surface area (Å²) in [7, 11) is 0. The van der Waals surface area contributed by atoms with E-state index in [0.717, 1.165) is 29.8 Å². The van der Waals surface area contributed by atoms with Crippen molar-refractivity contribution in [1.82, 2.24) is 4.90 Å². The highest BCUT2D eigenvalue weighted by Crippen LogP contribution is 2.39. The van der Waals surface area contributed by atoms with Crippen molar-refractivity contribution in [2.24, 2.45) is 5.92 Å². The Kier molecular flexibility index (Phi) is 5.00. The molecule has 6 heteroatoms. The molecule has 2 aliphatic heterocycles. The number of para-hydroxylation sites is 2. The lowest BCUT2D eigenvalue weighted by Crippen LogP contribution is -2.43. The number of hydrogen-bond donors (Lipinski definition) is 0. The molecule has 1 aliphatic carbocycles. The van der Waals surface area contributed by atoms with Crippen LogP contribution in [-0.4, -0.2) is 41.2 Å². The molecule has 160 valence electrons. The first-order chi connectivity index (χ1) is 15.0. The molecule has 0 unspecified atom stereocenters. The van der Waals surface area contributed by atoms with Gasteiger partial charge in [0.25, 0.3) is 0 Å². The first-order valence-corrected chi connectivity index (χ1v) is 11.1. The van der Waals surface area contributed by atoms with Crippen molar-refractivity contribution < 1.29 is 14.4 Å². The van der Waals surface area contributed by atoms with Gasteiger partial charge in [-0.05, 0) is 37.5 Å². The van der Waals surface area contributed by atoms with E-state index in [1.54, 1.807) is 9.80 Å². The fourth-order valence-electron chi connectivity index (χ4n) is 4.83. The number of fused-ring (bicyclic) bond motifs is 1. The van der Waals surface area contributed by atoms with Crippen LogP contribution >= 0.6 is 0 Å². The van der Waals surface area contributed by atoms with Crippen molar-refractivity contribution in [2.75, 3.05) is 16.3 Å². The van der Waals surface area contributed by atoms with E-state index in [9.17, 15) is 14.4 Å². The topological polar surface area (TPSA) is 60.9 Å². The van der Waals surface area contributed by atoms with Gasteiger partial charge in [-0.3, -0.25) is 14.4 Å². The number of amides is 3. The van der Waals surface area contributed by atoms with Gasteiger partial charge in [-0.25, -0.2) is 0 Å². The summed E-state index contributed by atoms with van der Waals surface area (Å²) in [6.45, 7) is 2.88. The van der Waals surface area contributed by atoms with E-state index in [2.05, 4.69) is 0 Å². The van der Waals surface area contributed by atoms with Crippen LogP contribution in [0.4, 0.5) is 11.4 Å². The zero-order valence-electron chi connectivity index (χ0n) is 17.7. The SMILES string of the molecule is C[C@H]1CC(=O)N(Cc2ccccc2)c2ccccc2N1C(=O)[C@@H]1CC(=O)N(C2CC2)C1. The van der Waals surface area contributed by atoms with Crippen molar-refractivity contribution in [3.63, 3.8) is 0 Å². The Morgan fingerprint density at radius 2 is 1.58 bits per heavy atom. The minimum Gasteiger partial charge on any atom is -0.339 e. The number of benzene rings is 2. The Morgan fingerprint density at radius 1 is 0.903 bits per heavy atom. The van der Waals surface area contributed by atoms with E-state index < -0.39 is 0 Å². The number of carbonyl (C=O) groups is 3. The molecular weight excluding hydrogens is 390 g/mol. The van der Waals surface area contributed by atoms with E-state index in [-0.39, 0.29) is 42.5 Å². The molecule has 2 aromatic rings. The molecule has 0 N–H and O–H groups in total. The van der Waals surface area contributed by atoms with Gasteiger partial charge < -0.3 is 14.7 Å². The summed E-state index contributed by atoms with van der Waals surface area (Å²) in [5, 5.41) is 0. The van der Waals surface area contributed by atoms with Gasteiger partial charge in [0.2, 0.25) is 17.7 Å². The second-order valence-corrected chi connectivity index (χ2v) is 8.89. The lowest BCUT2D eigenvalue weighted by molar-refractivity contribution is -0.129. The predicted octanol–water partition coefficient (Wildman–Crippen LogP) is 3.36. The van der Waals surface area contributed by atoms with Crippen LogP contribution in [-0.2, 0) is 20.9 Å². The Bertz CT molecular complexity index is 1020. The van der Waals surface area contributed by atoms with E-state index >= 15 is 0 Å². The third-order valence-electron chi connectivity index (χ3n) is 6.56. The summed E-state index contributed by atoms with van der Waals surface area (Å²) in [4.78, 5) is 44.7. The maximum atomic E-state index is 13.6. The van der Waals surface area contributed by atoms with Crippen LogP contribution in [0.2, 0.25) is 0 Å². The van der Waals surface area contributed by atoms with Crippen LogP contribution in [0, 0.1) is 5.92 Å². The second kappa shape index (κ2) is 7.84. The maximum Gasteiger partial charge on any atom is 0.232 e. The van der Waals surface area contributed by atoms with Crippen LogP contribution < -0.4 is 9.80 Å². The largest absolute Gasteiger partial charge is 0.339 e. The molecule has 6 nitrogen and oxygen atoms in total. The molecule has 3 amide bonds. The number of nitrogens with zero attached hydrogens (tertiary/aromatic N) is 3. The molecule has 2 fully saturated rings. The molecule has 31 heavy (non-hydrogen) atoms. The fraction of sp³-hybridized carbons (Fsp3) is 0.400. The summed E-state index contributed by atoms with van der Waals surface area (Å²) < 4.78 is 0. The zero-order valence-corrected chi connectivity index (χ0v) is 17.7. The van der Waals surface area contributed by atoms with E-state index in [1.807, 2.05) is 66.4 Å². The molecule has 2 atom stereocenters. The van der Waals surface area contributed by atoms with Crippen molar-refractivity contribution in [3.8, 4) is 0 Å². The van der Waals surface area contributed by atoms with E-state index in [0.29, 0.717) is 19.1 Å². The van der Waals surface area contributed by atoms with Crippen molar-refractivity contribution in [1.29, 1.82) is 0 Å². The lowest BCUT2D eigenvalue weighted by atomic mass is 10.0. The van der Waals surface area contributed by atoms with Crippen LogP contribution in [0.5, 0.6) is 0 Å². The predicted molar refractivity (Wildman–Crippen MR) is 118 cm³/mol. The molecule has 0 bridgehead atoms. The zero-order chi connectivity index (χ0) is 21.5. The quantitative estimate of drug-likeness (QED) is 0.767. The maximum absolute atomic E-state index is 13.6. The number of anilines is 2. The molecule has 0 radical (unpaired) electrons. The van der Waals surface area contributed by atoms with Crippen molar-refractivity contribution in [3.05, 3.63) is 60.2 Å².